The van der Waals surface area contributed by atoms with Gasteiger partial charge < -0.3 is 15.0 Å². The van der Waals surface area contributed by atoms with Gasteiger partial charge in [0.2, 0.25) is 10.0 Å². The standard InChI is InChI=1S/C18H22ClN3O4S.ClH/c19-15-10-20-18(23)14-2-1-3-16(17(14)15)27(24,25)22-7-4-13(11-22)21-12-5-8-26-9-6-12;/h1-3,10,12-13,21H,4-9,11H2,(H,20,23);1H/t13-;/m0./s1. The van der Waals surface area contributed by atoms with Crippen molar-refractivity contribution in [3.8, 4) is 0 Å². The van der Waals surface area contributed by atoms with E-state index < -0.39 is 10.0 Å². The highest BCUT2D eigenvalue weighted by Gasteiger charge is 2.35. The summed E-state index contributed by atoms with van der Waals surface area (Å²) in [6, 6.07) is 5.17. The van der Waals surface area contributed by atoms with Crippen molar-refractivity contribution in [1.82, 2.24) is 14.6 Å². The van der Waals surface area contributed by atoms with Crippen molar-refractivity contribution in [3.63, 3.8) is 0 Å². The van der Waals surface area contributed by atoms with Gasteiger partial charge in [-0.05, 0) is 31.4 Å². The van der Waals surface area contributed by atoms with Gasteiger partial charge in [0, 0.05) is 55.4 Å². The van der Waals surface area contributed by atoms with Gasteiger partial charge in [0.1, 0.15) is 0 Å². The van der Waals surface area contributed by atoms with Gasteiger partial charge in [-0.2, -0.15) is 4.31 Å². The molecule has 2 aliphatic rings. The van der Waals surface area contributed by atoms with Crippen LogP contribution < -0.4 is 10.9 Å². The Morgan fingerprint density at radius 2 is 1.93 bits per heavy atom. The van der Waals surface area contributed by atoms with E-state index in [0.29, 0.717) is 19.1 Å². The summed E-state index contributed by atoms with van der Waals surface area (Å²) in [5.74, 6) is 0. The first-order valence-corrected chi connectivity index (χ1v) is 10.9. The highest BCUT2D eigenvalue weighted by molar-refractivity contribution is 7.89. The number of sulfonamides is 1. The number of pyridine rings is 1. The van der Waals surface area contributed by atoms with Crippen molar-refractivity contribution < 1.29 is 13.2 Å². The molecule has 154 valence electrons. The maximum absolute atomic E-state index is 13.3. The Morgan fingerprint density at radius 3 is 2.68 bits per heavy atom. The fraction of sp³-hybridized carbons (Fsp3) is 0.500. The minimum atomic E-state index is -3.75. The number of halogens is 2. The Bertz CT molecular complexity index is 1010. The number of benzene rings is 1. The molecule has 0 aliphatic carbocycles. The zero-order chi connectivity index (χ0) is 19.0. The van der Waals surface area contributed by atoms with E-state index in [-0.39, 0.29) is 44.7 Å². The van der Waals surface area contributed by atoms with Crippen LogP contribution in [0.3, 0.4) is 0 Å². The van der Waals surface area contributed by atoms with E-state index in [9.17, 15) is 13.2 Å². The molecule has 0 unspecified atom stereocenters. The normalized spacial score (nSPS) is 21.7. The van der Waals surface area contributed by atoms with Crippen LogP contribution in [0.4, 0.5) is 0 Å². The van der Waals surface area contributed by atoms with Gasteiger partial charge in [-0.3, -0.25) is 4.79 Å². The lowest BCUT2D eigenvalue weighted by Gasteiger charge is -2.26. The zero-order valence-electron chi connectivity index (χ0n) is 15.2. The third-order valence-corrected chi connectivity index (χ3v) is 7.51. The summed E-state index contributed by atoms with van der Waals surface area (Å²) in [6.45, 7) is 2.35. The van der Waals surface area contributed by atoms with Crippen LogP contribution in [0.15, 0.2) is 34.1 Å². The van der Waals surface area contributed by atoms with Gasteiger partial charge in [0.05, 0.1) is 9.92 Å². The van der Waals surface area contributed by atoms with Crippen molar-refractivity contribution >= 4 is 44.8 Å². The first kappa shape index (κ1) is 21.5. The molecule has 2 fully saturated rings. The van der Waals surface area contributed by atoms with E-state index in [0.717, 1.165) is 32.5 Å². The number of aromatic amines is 1. The molecule has 3 heterocycles. The topological polar surface area (TPSA) is 91.5 Å². The van der Waals surface area contributed by atoms with Crippen molar-refractivity contribution in [2.45, 2.75) is 36.2 Å². The van der Waals surface area contributed by atoms with Crippen LogP contribution >= 0.6 is 24.0 Å². The van der Waals surface area contributed by atoms with E-state index in [1.165, 1.54) is 16.6 Å². The monoisotopic (exact) mass is 447 g/mol. The van der Waals surface area contributed by atoms with Crippen LogP contribution in [0.5, 0.6) is 0 Å². The molecule has 4 rings (SSSR count). The molecule has 2 N–H and O–H groups in total. The van der Waals surface area contributed by atoms with Gasteiger partial charge in [-0.25, -0.2) is 8.42 Å². The highest BCUT2D eigenvalue weighted by Crippen LogP contribution is 2.31. The molecule has 1 atom stereocenters. The van der Waals surface area contributed by atoms with Crippen molar-refractivity contribution in [2.75, 3.05) is 26.3 Å². The van der Waals surface area contributed by atoms with Crippen LogP contribution in [0, 0.1) is 0 Å². The number of hydrogen-bond acceptors (Lipinski definition) is 5. The van der Waals surface area contributed by atoms with Gasteiger partial charge in [0.25, 0.3) is 5.56 Å². The predicted molar refractivity (Wildman–Crippen MR) is 111 cm³/mol. The first-order chi connectivity index (χ1) is 13.0. The van der Waals surface area contributed by atoms with Crippen LogP contribution in [0.2, 0.25) is 5.02 Å². The molecule has 2 aromatic rings. The molecule has 7 nitrogen and oxygen atoms in total. The lowest BCUT2D eigenvalue weighted by molar-refractivity contribution is 0.0753. The summed E-state index contributed by atoms with van der Waals surface area (Å²) in [5.41, 5.74) is -0.355. The Kier molecular flexibility index (Phi) is 6.69. The lowest BCUT2D eigenvalue weighted by atomic mass is 10.1. The number of nitrogens with one attached hydrogen (secondary N) is 2. The number of nitrogens with zero attached hydrogens (tertiary/aromatic N) is 1. The second-order valence-corrected chi connectivity index (χ2v) is 9.36. The average molecular weight is 448 g/mol. The molecule has 28 heavy (non-hydrogen) atoms. The molecule has 2 saturated heterocycles. The number of rotatable bonds is 4. The minimum Gasteiger partial charge on any atom is -0.381 e. The molecule has 0 saturated carbocycles. The Hall–Kier alpha value is -1.16. The van der Waals surface area contributed by atoms with Crippen molar-refractivity contribution in [2.24, 2.45) is 0 Å². The van der Waals surface area contributed by atoms with Gasteiger partial charge in [-0.15, -0.1) is 12.4 Å². The minimum absolute atomic E-state index is 0. The zero-order valence-corrected chi connectivity index (χ0v) is 17.6. The molecule has 0 amide bonds. The second kappa shape index (κ2) is 8.69. The van der Waals surface area contributed by atoms with Crippen LogP contribution in [0.1, 0.15) is 19.3 Å². The van der Waals surface area contributed by atoms with Crippen LogP contribution in [-0.2, 0) is 14.8 Å². The van der Waals surface area contributed by atoms with Crippen molar-refractivity contribution in [1.29, 1.82) is 0 Å². The lowest BCUT2D eigenvalue weighted by Crippen LogP contribution is -2.43. The smallest absolute Gasteiger partial charge is 0.255 e. The summed E-state index contributed by atoms with van der Waals surface area (Å²) in [7, 11) is -3.75. The molecule has 1 aromatic heterocycles. The van der Waals surface area contributed by atoms with Gasteiger partial charge in [-0.1, -0.05) is 17.7 Å². The fourth-order valence-electron chi connectivity index (χ4n) is 3.88. The first-order valence-electron chi connectivity index (χ1n) is 9.10. The van der Waals surface area contributed by atoms with Crippen molar-refractivity contribution in [3.05, 3.63) is 39.8 Å². The maximum atomic E-state index is 13.3. The summed E-state index contributed by atoms with van der Waals surface area (Å²) < 4.78 is 33.4. The van der Waals surface area contributed by atoms with Crippen LogP contribution in [-0.4, -0.2) is 56.1 Å². The molecule has 0 bridgehead atoms. The Balaban J connectivity index is 0.00000225. The van der Waals surface area contributed by atoms with E-state index in [1.54, 1.807) is 12.1 Å². The SMILES string of the molecule is Cl.O=c1[nH]cc(Cl)c2c(S(=O)(=O)N3CC[C@H](NC4CCOCC4)C3)cccc12. The quantitative estimate of drug-likeness (QED) is 0.748. The van der Waals surface area contributed by atoms with E-state index in [2.05, 4.69) is 10.3 Å². The summed E-state index contributed by atoms with van der Waals surface area (Å²) in [6.07, 6.45) is 4.00. The average Bonchev–Trinajstić information content (AvgIpc) is 3.14. The number of hydrogen-bond donors (Lipinski definition) is 2. The highest BCUT2D eigenvalue weighted by atomic mass is 35.5. The molecule has 0 radical (unpaired) electrons. The third-order valence-electron chi connectivity index (χ3n) is 5.30. The van der Waals surface area contributed by atoms with Crippen LogP contribution in [0.25, 0.3) is 10.8 Å². The number of H-pyrrole nitrogens is 1. The molecule has 1 aromatic carbocycles. The summed E-state index contributed by atoms with van der Waals surface area (Å²) in [5, 5.41) is 4.34. The maximum Gasteiger partial charge on any atom is 0.255 e. The number of ether oxygens (including phenoxy) is 1. The van der Waals surface area contributed by atoms with E-state index in [1.807, 2.05) is 0 Å². The third kappa shape index (κ3) is 4.08. The van der Waals surface area contributed by atoms with Gasteiger partial charge in [0.15, 0.2) is 0 Å². The summed E-state index contributed by atoms with van der Waals surface area (Å²) >= 11 is 6.23. The largest absolute Gasteiger partial charge is 0.381 e. The molecular formula is C18H23Cl2N3O4S. The fourth-order valence-corrected chi connectivity index (χ4v) is 5.92. The van der Waals surface area contributed by atoms with Gasteiger partial charge >= 0.3 is 0 Å². The molecule has 0 spiro atoms. The van der Waals surface area contributed by atoms with E-state index >= 15 is 0 Å². The Labute approximate surface area is 174 Å². The predicted octanol–water partition coefficient (Wildman–Crippen LogP) is 2.13. The summed E-state index contributed by atoms with van der Waals surface area (Å²) in [4.78, 5) is 14.7. The Morgan fingerprint density at radius 1 is 1.18 bits per heavy atom. The molecule has 2 aliphatic heterocycles. The van der Waals surface area contributed by atoms with E-state index in [4.69, 9.17) is 16.3 Å². The number of aromatic nitrogens is 1. The number of fused-ring (bicyclic) bond motifs is 1. The second-order valence-electron chi connectivity index (χ2n) is 7.05. The molecular weight excluding hydrogens is 425 g/mol. The molecule has 10 heteroatoms.